The topological polar surface area (TPSA) is 70.3 Å². The highest BCUT2D eigenvalue weighted by atomic mass is 35.5. The fourth-order valence-electron chi connectivity index (χ4n) is 2.36. The molecular formula is C18H16ClF3N2O4. The summed E-state index contributed by atoms with van der Waals surface area (Å²) in [5, 5.41) is 0.203. The van der Waals surface area contributed by atoms with Crippen LogP contribution in [0, 0.1) is 0 Å². The Labute approximate surface area is 162 Å². The summed E-state index contributed by atoms with van der Waals surface area (Å²) in [6, 6.07) is 4.30. The molecule has 1 aromatic heterocycles. The lowest BCUT2D eigenvalue weighted by Crippen LogP contribution is -2.40. The van der Waals surface area contributed by atoms with E-state index in [1.54, 1.807) is 13.8 Å². The van der Waals surface area contributed by atoms with Crippen molar-refractivity contribution in [2.24, 2.45) is 7.05 Å². The highest BCUT2D eigenvalue weighted by molar-refractivity contribution is 6.32. The number of aromatic nitrogens is 2. The number of ether oxygens (including phenoxy) is 1. The Hall–Kier alpha value is -2.81. The number of rotatable bonds is 4. The van der Waals surface area contributed by atoms with E-state index >= 15 is 0 Å². The molecule has 0 radical (unpaired) electrons. The monoisotopic (exact) mass is 416 g/mol. The highest BCUT2D eigenvalue weighted by Crippen LogP contribution is 2.27. The van der Waals surface area contributed by atoms with Gasteiger partial charge in [0.1, 0.15) is 5.69 Å². The molecular weight excluding hydrogens is 401 g/mol. The number of alkyl halides is 3. The maximum absolute atomic E-state index is 12.9. The smallest absolute Gasteiger partial charge is 0.431 e. The van der Waals surface area contributed by atoms with Crippen LogP contribution in [0.5, 0.6) is 0 Å². The van der Waals surface area contributed by atoms with Gasteiger partial charge >= 0.3 is 17.8 Å². The number of hydrogen-bond donors (Lipinski definition) is 0. The first kappa shape index (κ1) is 21.5. The number of esters is 1. The molecule has 0 saturated carbocycles. The molecule has 150 valence electrons. The van der Waals surface area contributed by atoms with Crippen LogP contribution in [0.3, 0.4) is 0 Å². The van der Waals surface area contributed by atoms with Gasteiger partial charge in [0, 0.05) is 24.2 Å². The maximum Gasteiger partial charge on any atom is 0.431 e. The van der Waals surface area contributed by atoms with E-state index in [1.165, 1.54) is 24.3 Å². The molecule has 0 saturated heterocycles. The predicted octanol–water partition coefficient (Wildman–Crippen LogP) is 3.17. The molecule has 1 heterocycles. The van der Waals surface area contributed by atoms with E-state index < -0.39 is 29.1 Å². The maximum atomic E-state index is 12.9. The van der Waals surface area contributed by atoms with Crippen molar-refractivity contribution in [2.75, 3.05) is 0 Å². The molecule has 2 rings (SSSR count). The van der Waals surface area contributed by atoms with Crippen molar-refractivity contribution < 1.29 is 22.7 Å². The van der Waals surface area contributed by atoms with Crippen molar-refractivity contribution >= 4 is 23.6 Å². The molecule has 0 N–H and O–H groups in total. The second-order valence-corrected chi connectivity index (χ2v) is 6.47. The van der Waals surface area contributed by atoms with Gasteiger partial charge in [-0.1, -0.05) is 11.6 Å². The molecule has 0 atom stereocenters. The second kappa shape index (κ2) is 8.05. The Morgan fingerprint density at radius 1 is 1.21 bits per heavy atom. The lowest BCUT2D eigenvalue weighted by Gasteiger charge is -2.14. The van der Waals surface area contributed by atoms with Crippen LogP contribution in [0.25, 0.3) is 11.8 Å². The molecule has 0 bridgehead atoms. The predicted molar refractivity (Wildman–Crippen MR) is 97.6 cm³/mol. The first-order valence-electron chi connectivity index (χ1n) is 8.00. The van der Waals surface area contributed by atoms with E-state index in [4.69, 9.17) is 16.3 Å². The van der Waals surface area contributed by atoms with Crippen molar-refractivity contribution in [2.45, 2.75) is 26.1 Å². The third kappa shape index (κ3) is 4.72. The first-order chi connectivity index (χ1) is 12.9. The zero-order valence-electron chi connectivity index (χ0n) is 15.1. The van der Waals surface area contributed by atoms with Crippen LogP contribution < -0.4 is 11.2 Å². The zero-order valence-corrected chi connectivity index (χ0v) is 15.8. The molecule has 0 unspecified atom stereocenters. The molecule has 6 nitrogen and oxygen atoms in total. The Kier molecular flexibility index (Phi) is 6.18. The summed E-state index contributed by atoms with van der Waals surface area (Å²) < 4.78 is 44.7. The fourth-order valence-corrected chi connectivity index (χ4v) is 2.54. The Morgan fingerprint density at radius 2 is 1.86 bits per heavy atom. The van der Waals surface area contributed by atoms with E-state index in [1.807, 2.05) is 0 Å². The second-order valence-electron chi connectivity index (χ2n) is 6.07. The van der Waals surface area contributed by atoms with E-state index in [2.05, 4.69) is 0 Å². The van der Waals surface area contributed by atoms with Gasteiger partial charge < -0.3 is 4.74 Å². The molecule has 28 heavy (non-hydrogen) atoms. The van der Waals surface area contributed by atoms with Gasteiger partial charge in [-0.2, -0.15) is 13.2 Å². The minimum atomic E-state index is -4.85. The molecule has 1 aromatic carbocycles. The standard InChI is InChI=1S/C18H16ClF3N2O4/c1-10(2)28-16(26)7-4-11-8-12(5-6-13(11)19)24-15(25)9-14(18(20,21)22)23(3)17(24)27/h4-10H,1-3H3/b7-4+. The fraction of sp³-hybridized carbons (Fsp3) is 0.278. The molecule has 0 aliphatic rings. The Morgan fingerprint density at radius 3 is 2.43 bits per heavy atom. The van der Waals surface area contributed by atoms with Gasteiger partial charge in [0.2, 0.25) is 0 Å². The summed E-state index contributed by atoms with van der Waals surface area (Å²) in [7, 11) is 0.916. The largest absolute Gasteiger partial charge is 0.460 e. The third-order valence-corrected chi connectivity index (χ3v) is 3.94. The van der Waals surface area contributed by atoms with Crippen LogP contribution in [-0.2, 0) is 22.8 Å². The average molecular weight is 417 g/mol. The van der Waals surface area contributed by atoms with Crippen LogP contribution in [0.1, 0.15) is 25.1 Å². The number of halogens is 4. The van der Waals surface area contributed by atoms with E-state index in [9.17, 15) is 27.6 Å². The quantitative estimate of drug-likeness (QED) is 0.567. The van der Waals surface area contributed by atoms with Crippen LogP contribution in [-0.4, -0.2) is 21.2 Å². The van der Waals surface area contributed by atoms with Crippen molar-refractivity contribution in [3.05, 3.63) is 67.5 Å². The van der Waals surface area contributed by atoms with Crippen molar-refractivity contribution in [1.82, 2.24) is 9.13 Å². The van der Waals surface area contributed by atoms with Crippen LogP contribution in [0.2, 0.25) is 5.02 Å². The number of carbonyl (C=O) groups is 1. The normalized spacial score (nSPS) is 12.0. The van der Waals surface area contributed by atoms with E-state index in [-0.39, 0.29) is 22.4 Å². The van der Waals surface area contributed by atoms with E-state index in [0.29, 0.717) is 15.2 Å². The minimum Gasteiger partial charge on any atom is -0.460 e. The molecule has 0 aliphatic heterocycles. The third-order valence-electron chi connectivity index (χ3n) is 3.60. The summed E-state index contributed by atoms with van der Waals surface area (Å²) >= 11 is 6.05. The molecule has 0 amide bonds. The van der Waals surface area contributed by atoms with Gasteiger partial charge in [-0.05, 0) is 43.7 Å². The lowest BCUT2D eigenvalue weighted by atomic mass is 10.2. The molecule has 2 aromatic rings. The van der Waals surface area contributed by atoms with E-state index in [0.717, 1.165) is 13.1 Å². The number of hydrogen-bond acceptors (Lipinski definition) is 4. The summed E-state index contributed by atoms with van der Waals surface area (Å²) in [6.07, 6.45) is -2.75. The lowest BCUT2D eigenvalue weighted by molar-refractivity contribution is -0.144. The van der Waals surface area contributed by atoms with Gasteiger partial charge in [0.15, 0.2) is 0 Å². The summed E-state index contributed by atoms with van der Waals surface area (Å²) in [5.41, 5.74) is -3.40. The van der Waals surface area contributed by atoms with Gasteiger partial charge in [-0.15, -0.1) is 0 Å². The average Bonchev–Trinajstić information content (AvgIpc) is 2.56. The summed E-state index contributed by atoms with van der Waals surface area (Å²) in [5.74, 6) is -0.626. The van der Waals surface area contributed by atoms with Gasteiger partial charge in [0.05, 0.1) is 11.8 Å². The van der Waals surface area contributed by atoms with Crippen molar-refractivity contribution in [3.8, 4) is 5.69 Å². The molecule has 0 aliphatic carbocycles. The van der Waals surface area contributed by atoms with Gasteiger partial charge in [0.25, 0.3) is 5.56 Å². The van der Waals surface area contributed by atoms with Gasteiger partial charge in [-0.3, -0.25) is 9.36 Å². The van der Waals surface area contributed by atoms with Crippen LogP contribution in [0.4, 0.5) is 13.2 Å². The van der Waals surface area contributed by atoms with Crippen molar-refractivity contribution in [3.63, 3.8) is 0 Å². The number of benzene rings is 1. The number of nitrogens with zero attached hydrogens (tertiary/aromatic N) is 2. The van der Waals surface area contributed by atoms with Crippen LogP contribution in [0.15, 0.2) is 39.9 Å². The van der Waals surface area contributed by atoms with Gasteiger partial charge in [-0.25, -0.2) is 14.2 Å². The van der Waals surface area contributed by atoms with Crippen molar-refractivity contribution in [1.29, 1.82) is 0 Å². The summed E-state index contributed by atoms with van der Waals surface area (Å²) in [6.45, 7) is 3.35. The summed E-state index contributed by atoms with van der Waals surface area (Å²) in [4.78, 5) is 36.1. The Bertz CT molecular complexity index is 1050. The zero-order chi connectivity index (χ0) is 21.2. The Balaban J connectivity index is 2.55. The first-order valence-corrected chi connectivity index (χ1v) is 8.38. The molecule has 10 heteroatoms. The SMILES string of the molecule is CC(C)OC(=O)/C=C/c1cc(-n2c(=O)cc(C(F)(F)F)n(C)c2=O)ccc1Cl. The molecule has 0 fully saturated rings. The highest BCUT2D eigenvalue weighted by Gasteiger charge is 2.35. The number of carbonyl (C=O) groups excluding carboxylic acids is 1. The van der Waals surface area contributed by atoms with Crippen LogP contribution >= 0.6 is 11.6 Å². The minimum absolute atomic E-state index is 0.000557. The molecule has 0 spiro atoms.